The third-order valence-corrected chi connectivity index (χ3v) is 3.61. The van der Waals surface area contributed by atoms with Crippen LogP contribution in [0.4, 0.5) is 0 Å². The highest BCUT2D eigenvalue weighted by Crippen LogP contribution is 2.49. The van der Waals surface area contributed by atoms with Gasteiger partial charge >= 0.3 is 5.69 Å². The molecule has 1 N–H and O–H groups in total. The van der Waals surface area contributed by atoms with Crippen LogP contribution in [-0.2, 0) is 10.3 Å². The van der Waals surface area contributed by atoms with Crippen LogP contribution < -0.4 is 5.69 Å². The molecule has 1 aliphatic rings. The number of imidazole rings is 1. The predicted octanol–water partition coefficient (Wildman–Crippen LogP) is 1.80. The van der Waals surface area contributed by atoms with E-state index in [9.17, 15) is 9.59 Å². The van der Waals surface area contributed by atoms with Crippen molar-refractivity contribution in [3.63, 3.8) is 0 Å². The highest BCUT2D eigenvalue weighted by molar-refractivity contribution is 5.44. The molecule has 19 heavy (non-hydrogen) atoms. The van der Waals surface area contributed by atoms with Crippen LogP contribution in [-0.4, -0.2) is 15.6 Å². The van der Waals surface area contributed by atoms with Crippen molar-refractivity contribution in [1.82, 2.24) is 9.55 Å². The van der Waals surface area contributed by atoms with Gasteiger partial charge in [0.25, 0.3) is 0 Å². The maximum atomic E-state index is 11.7. The standard InChI is InChI=1S/C14H13N3O2/c1-10-8-15-13(19)17(10)12-4-2-11(3-5-12)14(6-7-14)16-9-18/h2-5,8H,6-7H2,1H3,(H,15,19). The van der Waals surface area contributed by atoms with Crippen molar-refractivity contribution >= 4 is 6.08 Å². The molecule has 0 bridgehead atoms. The van der Waals surface area contributed by atoms with E-state index in [1.807, 2.05) is 31.2 Å². The number of nitrogens with one attached hydrogen (secondary N) is 1. The van der Waals surface area contributed by atoms with E-state index in [2.05, 4.69) is 9.98 Å². The van der Waals surface area contributed by atoms with Crippen LogP contribution in [0.3, 0.4) is 0 Å². The Labute approximate surface area is 109 Å². The van der Waals surface area contributed by atoms with Crippen LogP contribution in [0.1, 0.15) is 24.1 Å². The summed E-state index contributed by atoms with van der Waals surface area (Å²) >= 11 is 0. The van der Waals surface area contributed by atoms with Gasteiger partial charge in [0.15, 0.2) is 0 Å². The van der Waals surface area contributed by atoms with E-state index in [0.29, 0.717) is 0 Å². The molecule has 96 valence electrons. The predicted molar refractivity (Wildman–Crippen MR) is 70.2 cm³/mol. The molecule has 5 nitrogen and oxygen atoms in total. The topological polar surface area (TPSA) is 67.2 Å². The lowest BCUT2D eigenvalue weighted by molar-refractivity contribution is 0.556. The molecule has 0 saturated heterocycles. The molecule has 1 aliphatic carbocycles. The second kappa shape index (κ2) is 4.07. The van der Waals surface area contributed by atoms with Crippen LogP contribution in [0.5, 0.6) is 0 Å². The van der Waals surface area contributed by atoms with Gasteiger partial charge in [-0.25, -0.2) is 9.59 Å². The first-order valence-corrected chi connectivity index (χ1v) is 6.13. The quantitative estimate of drug-likeness (QED) is 0.671. The van der Waals surface area contributed by atoms with Crippen molar-refractivity contribution < 1.29 is 4.79 Å². The number of aromatic nitrogens is 2. The number of rotatable bonds is 3. The fourth-order valence-electron chi connectivity index (χ4n) is 2.37. The molecule has 5 heteroatoms. The molecule has 0 spiro atoms. The lowest BCUT2D eigenvalue weighted by atomic mass is 10.1. The summed E-state index contributed by atoms with van der Waals surface area (Å²) in [5.41, 5.74) is 2.14. The Bertz CT molecular complexity index is 714. The molecule has 1 saturated carbocycles. The van der Waals surface area contributed by atoms with Gasteiger partial charge in [-0.2, -0.15) is 4.99 Å². The molecule has 0 amide bonds. The minimum atomic E-state index is -0.363. The van der Waals surface area contributed by atoms with Gasteiger partial charge < -0.3 is 4.98 Å². The van der Waals surface area contributed by atoms with E-state index in [4.69, 9.17) is 0 Å². The third-order valence-electron chi connectivity index (χ3n) is 3.61. The number of H-pyrrole nitrogens is 1. The van der Waals surface area contributed by atoms with E-state index in [1.54, 1.807) is 16.8 Å². The molecule has 1 aromatic heterocycles. The molecule has 0 unspecified atom stereocenters. The Hall–Kier alpha value is -2.39. The maximum absolute atomic E-state index is 11.7. The molecule has 2 aromatic rings. The van der Waals surface area contributed by atoms with Crippen molar-refractivity contribution in [3.8, 4) is 5.69 Å². The molecule has 1 fully saturated rings. The number of hydrogen-bond donors (Lipinski definition) is 1. The van der Waals surface area contributed by atoms with Crippen molar-refractivity contribution in [2.45, 2.75) is 25.3 Å². The smallest absolute Gasteiger partial charge is 0.312 e. The lowest BCUT2D eigenvalue weighted by Gasteiger charge is -2.10. The monoisotopic (exact) mass is 255 g/mol. The number of aliphatic imine (C=N–C) groups is 1. The minimum absolute atomic E-state index is 0.155. The van der Waals surface area contributed by atoms with Crippen LogP contribution >= 0.6 is 0 Å². The lowest BCUT2D eigenvalue weighted by Crippen LogP contribution is -2.16. The van der Waals surface area contributed by atoms with E-state index in [0.717, 1.165) is 29.8 Å². The first kappa shape index (κ1) is 11.7. The Morgan fingerprint density at radius 1 is 1.32 bits per heavy atom. The molecule has 1 aromatic carbocycles. The molecule has 0 radical (unpaired) electrons. The summed E-state index contributed by atoms with van der Waals surface area (Å²) in [6.07, 6.45) is 5.08. The summed E-state index contributed by atoms with van der Waals surface area (Å²) < 4.78 is 1.60. The summed E-state index contributed by atoms with van der Waals surface area (Å²) in [5.74, 6) is 0. The van der Waals surface area contributed by atoms with Gasteiger partial charge in [-0.15, -0.1) is 0 Å². The fourth-order valence-corrected chi connectivity index (χ4v) is 2.37. The SMILES string of the molecule is Cc1c[nH]c(=O)n1-c1ccc(C2(N=C=O)CC2)cc1. The van der Waals surface area contributed by atoms with Gasteiger partial charge in [-0.3, -0.25) is 4.57 Å². The first-order valence-electron chi connectivity index (χ1n) is 6.13. The zero-order valence-corrected chi connectivity index (χ0v) is 10.5. The number of isocyanates is 1. The summed E-state index contributed by atoms with van der Waals surface area (Å²) in [4.78, 5) is 28.6. The Balaban J connectivity index is 2.01. The fraction of sp³-hybridized carbons (Fsp3) is 0.286. The largest absolute Gasteiger partial charge is 0.330 e. The molecule has 0 aliphatic heterocycles. The van der Waals surface area contributed by atoms with Crippen molar-refractivity contribution in [2.24, 2.45) is 4.99 Å². The summed E-state index contributed by atoms with van der Waals surface area (Å²) in [6.45, 7) is 1.87. The van der Waals surface area contributed by atoms with Gasteiger partial charge in [0.2, 0.25) is 6.08 Å². The summed E-state index contributed by atoms with van der Waals surface area (Å²) in [6, 6.07) is 7.58. The zero-order valence-electron chi connectivity index (χ0n) is 10.5. The molecule has 0 atom stereocenters. The molecule has 1 heterocycles. The Morgan fingerprint density at radius 2 is 2.00 bits per heavy atom. The van der Waals surface area contributed by atoms with E-state index in [1.165, 1.54) is 0 Å². The Morgan fingerprint density at radius 3 is 2.47 bits per heavy atom. The maximum Gasteiger partial charge on any atom is 0.330 e. The van der Waals surface area contributed by atoms with Crippen LogP contribution in [0.2, 0.25) is 0 Å². The normalized spacial score (nSPS) is 15.8. The number of carbonyl (C=O) groups excluding carboxylic acids is 1. The molecular formula is C14H13N3O2. The number of nitrogens with zero attached hydrogens (tertiary/aromatic N) is 2. The van der Waals surface area contributed by atoms with Crippen LogP contribution in [0.25, 0.3) is 5.69 Å². The average molecular weight is 255 g/mol. The Kier molecular flexibility index (Phi) is 2.50. The van der Waals surface area contributed by atoms with E-state index in [-0.39, 0.29) is 11.2 Å². The van der Waals surface area contributed by atoms with Gasteiger partial charge in [-0.05, 0) is 37.5 Å². The van der Waals surface area contributed by atoms with Crippen LogP contribution in [0, 0.1) is 6.92 Å². The van der Waals surface area contributed by atoms with Crippen molar-refractivity contribution in [1.29, 1.82) is 0 Å². The highest BCUT2D eigenvalue weighted by atomic mass is 16.1. The zero-order chi connectivity index (χ0) is 13.5. The average Bonchev–Trinajstić information content (AvgIpc) is 3.11. The first-order chi connectivity index (χ1) is 9.16. The van der Waals surface area contributed by atoms with E-state index < -0.39 is 0 Å². The summed E-state index contributed by atoms with van der Waals surface area (Å²) in [7, 11) is 0. The molecular weight excluding hydrogens is 242 g/mol. The van der Waals surface area contributed by atoms with Gasteiger partial charge in [0, 0.05) is 11.9 Å². The summed E-state index contributed by atoms with van der Waals surface area (Å²) in [5, 5.41) is 0. The van der Waals surface area contributed by atoms with Gasteiger partial charge in [0.05, 0.1) is 11.2 Å². The second-order valence-corrected chi connectivity index (χ2v) is 4.85. The van der Waals surface area contributed by atoms with E-state index >= 15 is 0 Å². The highest BCUT2D eigenvalue weighted by Gasteiger charge is 2.44. The van der Waals surface area contributed by atoms with Crippen LogP contribution in [0.15, 0.2) is 40.2 Å². The molecule has 3 rings (SSSR count). The number of aryl methyl sites for hydroxylation is 1. The minimum Gasteiger partial charge on any atom is -0.312 e. The van der Waals surface area contributed by atoms with Gasteiger partial charge in [0.1, 0.15) is 0 Å². The number of aromatic amines is 1. The number of benzene rings is 1. The van der Waals surface area contributed by atoms with Gasteiger partial charge in [-0.1, -0.05) is 12.1 Å². The second-order valence-electron chi connectivity index (χ2n) is 4.85. The van der Waals surface area contributed by atoms with Crippen molar-refractivity contribution in [3.05, 3.63) is 52.2 Å². The number of hydrogen-bond acceptors (Lipinski definition) is 3. The van der Waals surface area contributed by atoms with Crippen molar-refractivity contribution in [2.75, 3.05) is 0 Å². The third kappa shape index (κ3) is 1.84.